The zero-order valence-corrected chi connectivity index (χ0v) is 12.4. The zero-order valence-electron chi connectivity index (χ0n) is 11.5. The van der Waals surface area contributed by atoms with Crippen LogP contribution in [0.5, 0.6) is 5.75 Å². The number of nitrogens with one attached hydrogen (secondary N) is 2. The van der Waals surface area contributed by atoms with Crippen molar-refractivity contribution in [1.29, 1.82) is 0 Å². The van der Waals surface area contributed by atoms with E-state index in [4.69, 9.17) is 10.5 Å². The lowest BCUT2D eigenvalue weighted by molar-refractivity contribution is -0.124. The summed E-state index contributed by atoms with van der Waals surface area (Å²) in [6, 6.07) is 6.18. The molecule has 1 unspecified atom stereocenters. The Bertz CT molecular complexity index is 603. The molecule has 1 aliphatic heterocycles. The number of piperidine rings is 1. The van der Waals surface area contributed by atoms with Gasteiger partial charge in [0.1, 0.15) is 18.4 Å². The third-order valence-corrected chi connectivity index (χ3v) is 4.48. The Morgan fingerprint density at radius 1 is 1.38 bits per heavy atom. The van der Waals surface area contributed by atoms with Crippen LogP contribution in [0.3, 0.4) is 0 Å². The molecular weight excluding hydrogens is 294 g/mol. The molecule has 4 N–H and O–H groups in total. The van der Waals surface area contributed by atoms with Crippen LogP contribution in [0.4, 0.5) is 5.69 Å². The number of sulfonamides is 1. The number of anilines is 1. The molecule has 1 aliphatic rings. The van der Waals surface area contributed by atoms with Crippen LogP contribution in [0, 0.1) is 0 Å². The summed E-state index contributed by atoms with van der Waals surface area (Å²) in [5, 5.41) is 2.63. The number of rotatable bonds is 6. The van der Waals surface area contributed by atoms with E-state index in [0.29, 0.717) is 24.4 Å². The molecule has 116 valence electrons. The Hall–Kier alpha value is -1.80. The minimum absolute atomic E-state index is 0.0299. The molecule has 1 aromatic rings. The van der Waals surface area contributed by atoms with Gasteiger partial charge in [-0.3, -0.25) is 4.79 Å². The van der Waals surface area contributed by atoms with Crippen molar-refractivity contribution in [3.8, 4) is 5.75 Å². The maximum absolute atomic E-state index is 11.9. The van der Waals surface area contributed by atoms with E-state index in [1.54, 1.807) is 24.3 Å². The van der Waals surface area contributed by atoms with Crippen LogP contribution in [0.15, 0.2) is 24.3 Å². The maximum Gasteiger partial charge on any atom is 0.238 e. The molecule has 1 aromatic carbocycles. The highest BCUT2D eigenvalue weighted by Crippen LogP contribution is 2.19. The number of carbonyl (C=O) groups excluding carboxylic acids is 1. The monoisotopic (exact) mass is 313 g/mol. The van der Waals surface area contributed by atoms with Crippen LogP contribution in [0.2, 0.25) is 0 Å². The fourth-order valence-corrected chi connectivity index (χ4v) is 3.11. The number of hydrogen-bond donors (Lipinski definition) is 3. The maximum atomic E-state index is 11.9. The minimum atomic E-state index is -3.57. The third kappa shape index (κ3) is 4.61. The van der Waals surface area contributed by atoms with Crippen LogP contribution in [-0.4, -0.2) is 39.3 Å². The Labute approximate surface area is 123 Å². The summed E-state index contributed by atoms with van der Waals surface area (Å²) in [7, 11) is -3.57. The van der Waals surface area contributed by atoms with Gasteiger partial charge in [0.25, 0.3) is 0 Å². The van der Waals surface area contributed by atoms with Crippen LogP contribution < -0.4 is 20.5 Å². The molecule has 1 heterocycles. The first kappa shape index (κ1) is 15.6. The van der Waals surface area contributed by atoms with Gasteiger partial charge >= 0.3 is 0 Å². The van der Waals surface area contributed by atoms with Gasteiger partial charge in [0.05, 0.1) is 11.4 Å². The predicted octanol–water partition coefficient (Wildman–Crippen LogP) is -0.154. The first-order chi connectivity index (χ1) is 9.98. The Morgan fingerprint density at radius 2 is 2.14 bits per heavy atom. The molecule has 21 heavy (non-hydrogen) atoms. The second-order valence-electron chi connectivity index (χ2n) is 4.81. The van der Waals surface area contributed by atoms with Crippen molar-refractivity contribution in [2.24, 2.45) is 0 Å². The lowest BCUT2D eigenvalue weighted by Gasteiger charge is -2.22. The van der Waals surface area contributed by atoms with Gasteiger partial charge in [-0.05, 0) is 25.0 Å². The fraction of sp³-hybridized carbons (Fsp3) is 0.462. The van der Waals surface area contributed by atoms with E-state index in [1.807, 2.05) is 0 Å². The van der Waals surface area contributed by atoms with E-state index in [9.17, 15) is 13.2 Å². The Morgan fingerprint density at radius 3 is 2.86 bits per heavy atom. The van der Waals surface area contributed by atoms with Gasteiger partial charge in [-0.1, -0.05) is 12.1 Å². The molecule has 0 saturated carbocycles. The number of para-hydroxylation sites is 2. The van der Waals surface area contributed by atoms with Crippen molar-refractivity contribution < 1.29 is 17.9 Å². The van der Waals surface area contributed by atoms with E-state index in [1.165, 1.54) is 0 Å². The number of amides is 1. The Balaban J connectivity index is 1.84. The van der Waals surface area contributed by atoms with Gasteiger partial charge in [-0.25, -0.2) is 13.1 Å². The van der Waals surface area contributed by atoms with Crippen LogP contribution in [-0.2, 0) is 14.8 Å². The van der Waals surface area contributed by atoms with Gasteiger partial charge < -0.3 is 15.8 Å². The first-order valence-electron chi connectivity index (χ1n) is 6.73. The lowest BCUT2D eigenvalue weighted by atomic mass is 10.1. The summed E-state index contributed by atoms with van der Waals surface area (Å²) in [6.07, 6.45) is 1.27. The van der Waals surface area contributed by atoms with Crippen molar-refractivity contribution >= 4 is 21.6 Å². The van der Waals surface area contributed by atoms with Crippen LogP contribution in [0.25, 0.3) is 0 Å². The number of nitrogen functional groups attached to an aromatic ring is 1. The molecule has 0 bridgehead atoms. The smallest absolute Gasteiger partial charge is 0.238 e. The van der Waals surface area contributed by atoms with Crippen molar-refractivity contribution in [2.45, 2.75) is 18.9 Å². The highest BCUT2D eigenvalue weighted by Gasteiger charge is 2.26. The molecule has 1 atom stereocenters. The first-order valence-corrected chi connectivity index (χ1v) is 8.38. The number of nitrogens with two attached hydrogens (primary N) is 1. The summed E-state index contributed by atoms with van der Waals surface area (Å²) in [4.78, 5) is 11.5. The van der Waals surface area contributed by atoms with Crippen LogP contribution >= 0.6 is 0 Å². The molecule has 8 heteroatoms. The average molecular weight is 313 g/mol. The van der Waals surface area contributed by atoms with Gasteiger partial charge in [-0.2, -0.15) is 0 Å². The van der Waals surface area contributed by atoms with Gasteiger partial charge in [0, 0.05) is 6.54 Å². The molecule has 0 radical (unpaired) electrons. The molecule has 7 nitrogen and oxygen atoms in total. The summed E-state index contributed by atoms with van der Waals surface area (Å²) in [5.41, 5.74) is 6.15. The van der Waals surface area contributed by atoms with Crippen LogP contribution in [0.1, 0.15) is 12.8 Å². The van der Waals surface area contributed by atoms with Gasteiger partial charge in [-0.15, -0.1) is 0 Å². The molecular formula is C13H19N3O4S. The SMILES string of the molecule is Nc1ccccc1OCCS(=O)(=O)NC1CCCNC1=O. The predicted molar refractivity (Wildman–Crippen MR) is 79.3 cm³/mol. The number of carbonyl (C=O) groups is 1. The fourth-order valence-electron chi connectivity index (χ4n) is 2.03. The quantitative estimate of drug-likeness (QED) is 0.632. The number of ether oxygens (including phenoxy) is 1. The topological polar surface area (TPSA) is 111 Å². The lowest BCUT2D eigenvalue weighted by Crippen LogP contribution is -2.50. The van der Waals surface area contributed by atoms with Crippen molar-refractivity contribution in [3.05, 3.63) is 24.3 Å². The van der Waals surface area contributed by atoms with Crippen molar-refractivity contribution in [1.82, 2.24) is 10.0 Å². The summed E-state index contributed by atoms with van der Waals surface area (Å²) < 4.78 is 31.6. The second kappa shape index (κ2) is 6.77. The molecule has 0 spiro atoms. The highest BCUT2D eigenvalue weighted by molar-refractivity contribution is 7.89. The summed E-state index contributed by atoms with van der Waals surface area (Å²) in [6.45, 7) is 0.561. The van der Waals surface area contributed by atoms with E-state index >= 15 is 0 Å². The van der Waals surface area contributed by atoms with Crippen molar-refractivity contribution in [3.63, 3.8) is 0 Å². The van der Waals surface area contributed by atoms with E-state index < -0.39 is 16.1 Å². The standard InChI is InChI=1S/C13H19N3O4S/c14-10-4-1-2-6-12(10)20-8-9-21(18,19)16-11-5-3-7-15-13(11)17/h1-2,4,6,11,16H,3,5,7-9,14H2,(H,15,17). The molecule has 2 rings (SSSR count). The van der Waals surface area contributed by atoms with Gasteiger partial charge in [0.2, 0.25) is 15.9 Å². The number of hydrogen-bond acceptors (Lipinski definition) is 5. The van der Waals surface area contributed by atoms with E-state index in [0.717, 1.165) is 6.42 Å². The molecule has 0 aromatic heterocycles. The summed E-state index contributed by atoms with van der Waals surface area (Å²) >= 11 is 0. The molecule has 1 saturated heterocycles. The van der Waals surface area contributed by atoms with E-state index in [-0.39, 0.29) is 18.3 Å². The summed E-state index contributed by atoms with van der Waals surface area (Å²) in [5.74, 6) is -0.0633. The highest BCUT2D eigenvalue weighted by atomic mass is 32.2. The molecule has 1 amide bonds. The second-order valence-corrected chi connectivity index (χ2v) is 6.68. The molecule has 0 aliphatic carbocycles. The van der Waals surface area contributed by atoms with Crippen molar-refractivity contribution in [2.75, 3.05) is 24.6 Å². The minimum Gasteiger partial charge on any atom is -0.490 e. The van der Waals surface area contributed by atoms with E-state index in [2.05, 4.69) is 10.0 Å². The Kier molecular flexibility index (Phi) is 5.03. The normalized spacial score (nSPS) is 19.0. The number of benzene rings is 1. The zero-order chi connectivity index (χ0) is 15.3. The largest absolute Gasteiger partial charge is 0.490 e. The average Bonchev–Trinajstić information content (AvgIpc) is 2.43. The molecule has 1 fully saturated rings. The third-order valence-electron chi connectivity index (χ3n) is 3.14. The van der Waals surface area contributed by atoms with Gasteiger partial charge in [0.15, 0.2) is 0 Å².